The fraction of sp³-hybridized carbons (Fsp3) is 0.404. The van der Waals surface area contributed by atoms with E-state index in [4.69, 9.17) is 43.4 Å². The van der Waals surface area contributed by atoms with Crippen LogP contribution in [0.25, 0.3) is 16.9 Å². The number of hydrogen-bond donors (Lipinski definition) is 1. The van der Waals surface area contributed by atoms with E-state index >= 15 is 0 Å². The molecular formula is C57H79NO9. The average molecular weight is 922 g/mol. The molecule has 4 aromatic rings. The highest BCUT2D eigenvalue weighted by Gasteiger charge is 2.20. The Morgan fingerprint density at radius 1 is 0.552 bits per heavy atom. The molecule has 0 amide bonds. The van der Waals surface area contributed by atoms with Crippen molar-refractivity contribution in [1.29, 1.82) is 5.41 Å². The van der Waals surface area contributed by atoms with Gasteiger partial charge >= 0.3 is 5.97 Å². The van der Waals surface area contributed by atoms with Crippen LogP contribution >= 0.6 is 0 Å². The zero-order valence-electron chi connectivity index (χ0n) is 41.7. The normalized spacial score (nSPS) is 10.5. The largest absolute Gasteiger partial charge is 0.494 e. The maximum atomic E-state index is 12.8. The lowest BCUT2D eigenvalue weighted by Gasteiger charge is -2.23. The minimum atomic E-state index is -0.432. The second-order valence-electron chi connectivity index (χ2n) is 14.0. The molecule has 10 heteroatoms. The molecule has 1 aliphatic rings. The van der Waals surface area contributed by atoms with Gasteiger partial charge in [-0.2, -0.15) is 0 Å². The molecule has 1 saturated carbocycles. The van der Waals surface area contributed by atoms with Crippen molar-refractivity contribution in [3.63, 3.8) is 0 Å². The number of ether oxygens (including phenoxy) is 6. The molecular weight excluding hydrogens is 843 g/mol. The van der Waals surface area contributed by atoms with E-state index in [-0.39, 0.29) is 0 Å². The highest BCUT2D eigenvalue weighted by atomic mass is 16.5. The lowest BCUT2D eigenvalue weighted by Crippen LogP contribution is -2.08. The van der Waals surface area contributed by atoms with Gasteiger partial charge in [0.1, 0.15) is 41.3 Å². The van der Waals surface area contributed by atoms with Crippen LogP contribution in [0, 0.1) is 5.41 Å². The van der Waals surface area contributed by atoms with Crippen LogP contribution in [0.1, 0.15) is 134 Å². The molecule has 1 N–H and O–H groups in total. The van der Waals surface area contributed by atoms with Gasteiger partial charge in [0.25, 0.3) is 0 Å². The third-order valence-corrected chi connectivity index (χ3v) is 9.48. The fourth-order valence-corrected chi connectivity index (χ4v) is 6.01. The number of carbonyl (C=O) groups is 3. The van der Waals surface area contributed by atoms with E-state index in [1.807, 2.05) is 84.0 Å². The van der Waals surface area contributed by atoms with Crippen molar-refractivity contribution in [1.82, 2.24) is 0 Å². The van der Waals surface area contributed by atoms with E-state index in [2.05, 4.69) is 25.3 Å². The van der Waals surface area contributed by atoms with E-state index in [0.717, 1.165) is 118 Å². The van der Waals surface area contributed by atoms with Crippen molar-refractivity contribution < 1.29 is 42.8 Å². The summed E-state index contributed by atoms with van der Waals surface area (Å²) in [5.74, 6) is 3.09. The maximum Gasteiger partial charge on any atom is 0.343 e. The highest BCUT2D eigenvalue weighted by Crippen LogP contribution is 2.37. The van der Waals surface area contributed by atoms with Crippen LogP contribution in [0.3, 0.4) is 0 Å². The van der Waals surface area contributed by atoms with Crippen LogP contribution in [0.2, 0.25) is 0 Å². The Balaban J connectivity index is 0.00000278. The van der Waals surface area contributed by atoms with Gasteiger partial charge in [-0.3, -0.25) is 9.59 Å². The number of rotatable bonds is 25. The van der Waals surface area contributed by atoms with E-state index < -0.39 is 5.97 Å². The van der Waals surface area contributed by atoms with Crippen molar-refractivity contribution in [2.45, 2.75) is 112 Å². The van der Waals surface area contributed by atoms with Crippen LogP contribution < -0.4 is 18.9 Å². The summed E-state index contributed by atoms with van der Waals surface area (Å²) in [7, 11) is 3.46. The monoisotopic (exact) mass is 922 g/mol. The number of aldehydes is 2. The van der Waals surface area contributed by atoms with Gasteiger partial charge in [0, 0.05) is 44.8 Å². The molecule has 0 aliphatic heterocycles. The molecule has 0 bridgehead atoms. The first-order chi connectivity index (χ1) is 32.9. The SMILES string of the molecule is C=CC=O.C=CC=O.CC.CC.CC.COCCCCCCOc1ccc(C(=O)Oc2ccc(-c3ccc(OC(=C4CCC4)c4ccc(OCCCCCCOC)cc4)c(C=N)c3)cc2)cc1. The Hall–Kier alpha value is -6.10. The summed E-state index contributed by atoms with van der Waals surface area (Å²) in [5, 5.41) is 8.18. The van der Waals surface area contributed by atoms with E-state index in [9.17, 15) is 4.79 Å². The maximum absolute atomic E-state index is 12.8. The lowest BCUT2D eigenvalue weighted by molar-refractivity contribution is -0.104. The summed E-state index contributed by atoms with van der Waals surface area (Å²) in [6.45, 7) is 21.2. The van der Waals surface area contributed by atoms with Crippen molar-refractivity contribution in [2.24, 2.45) is 0 Å². The van der Waals surface area contributed by atoms with Gasteiger partial charge in [-0.05, 0) is 159 Å². The van der Waals surface area contributed by atoms with Crippen LogP contribution in [0.15, 0.2) is 122 Å². The van der Waals surface area contributed by atoms with Crippen molar-refractivity contribution in [3.8, 4) is 34.1 Å². The van der Waals surface area contributed by atoms with Gasteiger partial charge in [0.15, 0.2) is 0 Å². The Morgan fingerprint density at radius 3 is 1.37 bits per heavy atom. The quantitative estimate of drug-likeness (QED) is 0.0131. The van der Waals surface area contributed by atoms with Gasteiger partial charge in [-0.15, -0.1) is 0 Å². The zero-order chi connectivity index (χ0) is 49.9. The van der Waals surface area contributed by atoms with Crippen LogP contribution in [-0.2, 0) is 19.1 Å². The predicted molar refractivity (Wildman–Crippen MR) is 277 cm³/mol. The number of esters is 1. The van der Waals surface area contributed by atoms with Crippen molar-refractivity contribution >= 4 is 30.5 Å². The fourth-order valence-electron chi connectivity index (χ4n) is 6.01. The number of benzene rings is 4. The first-order valence-corrected chi connectivity index (χ1v) is 23.8. The molecule has 5 rings (SSSR count). The molecule has 0 aromatic heterocycles. The smallest absolute Gasteiger partial charge is 0.343 e. The zero-order valence-corrected chi connectivity index (χ0v) is 41.7. The Morgan fingerprint density at radius 2 is 0.970 bits per heavy atom. The molecule has 4 aromatic carbocycles. The average Bonchev–Trinajstić information content (AvgIpc) is 3.37. The van der Waals surface area contributed by atoms with Crippen molar-refractivity contribution in [3.05, 3.63) is 139 Å². The first-order valence-electron chi connectivity index (χ1n) is 23.8. The third kappa shape index (κ3) is 25.4. The molecule has 0 unspecified atom stereocenters. The number of methoxy groups -OCH3 is 2. The van der Waals surface area contributed by atoms with E-state index in [0.29, 0.717) is 48.4 Å². The van der Waals surface area contributed by atoms with Gasteiger partial charge in [-0.25, -0.2) is 4.79 Å². The second-order valence-corrected chi connectivity index (χ2v) is 14.0. The summed E-state index contributed by atoms with van der Waals surface area (Å²) in [5.41, 5.74) is 5.27. The van der Waals surface area contributed by atoms with Gasteiger partial charge in [0.05, 0.1) is 18.8 Å². The van der Waals surface area contributed by atoms with E-state index in [1.165, 1.54) is 23.9 Å². The van der Waals surface area contributed by atoms with Gasteiger partial charge in [0.2, 0.25) is 0 Å². The van der Waals surface area contributed by atoms with Gasteiger partial charge < -0.3 is 33.8 Å². The Kier molecular flexibility index (Phi) is 37.6. The number of unbranched alkanes of at least 4 members (excludes halogenated alkanes) is 6. The molecule has 0 atom stereocenters. The molecule has 67 heavy (non-hydrogen) atoms. The number of hydrogen-bond acceptors (Lipinski definition) is 10. The number of allylic oxidation sites excluding steroid dienone is 3. The summed E-state index contributed by atoms with van der Waals surface area (Å²) in [6.07, 6.45) is 16.8. The Labute approximate surface area is 402 Å². The lowest BCUT2D eigenvalue weighted by atomic mass is 9.89. The molecule has 0 spiro atoms. The third-order valence-electron chi connectivity index (χ3n) is 9.48. The Bertz CT molecular complexity index is 1920. The molecule has 1 fully saturated rings. The molecule has 1 aliphatic carbocycles. The summed E-state index contributed by atoms with van der Waals surface area (Å²) >= 11 is 0. The molecule has 0 radical (unpaired) electrons. The van der Waals surface area contributed by atoms with Crippen LogP contribution in [-0.4, -0.2) is 65.4 Å². The van der Waals surface area contributed by atoms with E-state index in [1.54, 1.807) is 50.6 Å². The topological polar surface area (TPSA) is 130 Å². The van der Waals surface area contributed by atoms with Crippen LogP contribution in [0.4, 0.5) is 0 Å². The second kappa shape index (κ2) is 41.3. The van der Waals surface area contributed by atoms with Gasteiger partial charge in [-0.1, -0.05) is 85.7 Å². The predicted octanol–water partition coefficient (Wildman–Crippen LogP) is 14.5. The summed E-state index contributed by atoms with van der Waals surface area (Å²) in [4.78, 5) is 30.9. The standard InChI is InChI=1S/C45H53NO7.2C3H4O.3C2H6/c1-48-28-7-3-5-9-30-50-40-21-16-36(17-22-40)44(35-12-11-13-35)53-43-27-20-38(32-39(43)33-46)34-14-25-42(26-15-34)52-45(47)37-18-23-41(24-19-37)51-31-10-6-4-8-29-49-2;2*1-2-3-4;3*1-2/h14-27,32-33,46H,3-13,28-31H2,1-2H3;2*2-3H,1H2;3*1-2H3. The molecule has 0 saturated heterocycles. The molecule has 0 heterocycles. The minimum Gasteiger partial charge on any atom is -0.494 e. The van der Waals surface area contributed by atoms with Crippen molar-refractivity contribution in [2.75, 3.05) is 40.6 Å². The van der Waals surface area contributed by atoms with Crippen LogP contribution in [0.5, 0.6) is 23.0 Å². The highest BCUT2D eigenvalue weighted by molar-refractivity contribution is 5.91. The minimum absolute atomic E-state index is 0.432. The number of carbonyl (C=O) groups excluding carboxylic acids is 3. The summed E-state index contributed by atoms with van der Waals surface area (Å²) in [6, 6.07) is 28.4. The molecule has 366 valence electrons. The first kappa shape index (κ1) is 60.9. The molecule has 10 nitrogen and oxygen atoms in total. The summed E-state index contributed by atoms with van der Waals surface area (Å²) < 4.78 is 34.2. The number of nitrogens with one attached hydrogen (secondary N) is 1.